The molecule has 1 atom stereocenters. The first-order chi connectivity index (χ1) is 14.6. The predicted molar refractivity (Wildman–Crippen MR) is 107 cm³/mol. The van der Waals surface area contributed by atoms with Gasteiger partial charge in [-0.05, 0) is 60.9 Å². The van der Waals surface area contributed by atoms with Crippen LogP contribution in [-0.2, 0) is 11.2 Å². The van der Waals surface area contributed by atoms with E-state index in [4.69, 9.17) is 14.0 Å². The lowest BCUT2D eigenvalue weighted by molar-refractivity contribution is -0.132. The molecule has 1 amide bonds. The number of hydrogen-bond donors (Lipinski definition) is 0. The van der Waals surface area contributed by atoms with Gasteiger partial charge in [0.25, 0.3) is 11.8 Å². The smallest absolute Gasteiger partial charge is 0.260 e. The molecule has 30 heavy (non-hydrogen) atoms. The van der Waals surface area contributed by atoms with Crippen LogP contribution in [0.2, 0.25) is 0 Å². The van der Waals surface area contributed by atoms with Gasteiger partial charge in [0.15, 0.2) is 12.4 Å². The Morgan fingerprint density at radius 3 is 2.63 bits per heavy atom. The van der Waals surface area contributed by atoms with Gasteiger partial charge in [0.05, 0.1) is 7.11 Å². The molecule has 1 aromatic heterocycles. The number of methoxy groups -OCH3 is 1. The van der Waals surface area contributed by atoms with Crippen molar-refractivity contribution in [3.8, 4) is 23.0 Å². The zero-order valence-electron chi connectivity index (χ0n) is 16.6. The minimum atomic E-state index is -0.340. The molecule has 7 nitrogen and oxygen atoms in total. The Kier molecular flexibility index (Phi) is 5.92. The second-order valence-electron chi connectivity index (χ2n) is 7.19. The number of rotatable bonds is 7. The highest BCUT2D eigenvalue weighted by molar-refractivity contribution is 5.78. The van der Waals surface area contributed by atoms with Crippen LogP contribution < -0.4 is 9.47 Å². The summed E-state index contributed by atoms with van der Waals surface area (Å²) in [5, 5.41) is 4.08. The molecule has 1 fully saturated rings. The van der Waals surface area contributed by atoms with E-state index in [1.165, 1.54) is 24.3 Å². The average Bonchev–Trinajstić information content (AvgIpc) is 3.43. The van der Waals surface area contributed by atoms with Crippen LogP contribution in [0.4, 0.5) is 4.39 Å². The van der Waals surface area contributed by atoms with Crippen molar-refractivity contribution in [1.29, 1.82) is 0 Å². The summed E-state index contributed by atoms with van der Waals surface area (Å²) < 4.78 is 28.9. The topological polar surface area (TPSA) is 77.7 Å². The fraction of sp³-hybridized carbons (Fsp3) is 0.318. The Morgan fingerprint density at radius 1 is 1.17 bits per heavy atom. The lowest BCUT2D eigenvalue weighted by atomic mass is 10.1. The number of benzene rings is 2. The van der Waals surface area contributed by atoms with Gasteiger partial charge in [0, 0.05) is 25.1 Å². The Balaban J connectivity index is 1.28. The molecule has 0 N–H and O–H groups in total. The molecule has 8 heteroatoms. The lowest BCUT2D eigenvalue weighted by Crippen LogP contribution is -2.33. The first-order valence-corrected chi connectivity index (χ1v) is 9.74. The standard InChI is InChI=1S/C22H22FN3O4/c1-28-18-6-2-16(3-7-18)22-24-20(25-30-22)12-15-10-11-26(13-15)21(27)14-29-19-8-4-17(23)5-9-19/h2-9,15H,10-14H2,1H3. The van der Waals surface area contributed by atoms with Crippen LogP contribution in [0.15, 0.2) is 53.1 Å². The molecule has 1 aliphatic rings. The largest absolute Gasteiger partial charge is 0.497 e. The van der Waals surface area contributed by atoms with Gasteiger partial charge in [0.1, 0.15) is 17.3 Å². The van der Waals surface area contributed by atoms with E-state index in [-0.39, 0.29) is 24.2 Å². The second-order valence-corrected chi connectivity index (χ2v) is 7.19. The lowest BCUT2D eigenvalue weighted by Gasteiger charge is -2.16. The third kappa shape index (κ3) is 4.76. The van der Waals surface area contributed by atoms with Crippen molar-refractivity contribution < 1.29 is 23.2 Å². The fourth-order valence-corrected chi connectivity index (χ4v) is 3.44. The Hall–Kier alpha value is -3.42. The van der Waals surface area contributed by atoms with Crippen LogP contribution in [-0.4, -0.2) is 47.8 Å². The van der Waals surface area contributed by atoms with Crippen LogP contribution >= 0.6 is 0 Å². The third-order valence-electron chi connectivity index (χ3n) is 5.09. The van der Waals surface area contributed by atoms with E-state index in [9.17, 15) is 9.18 Å². The van der Waals surface area contributed by atoms with Gasteiger partial charge in [-0.2, -0.15) is 4.98 Å². The quantitative estimate of drug-likeness (QED) is 0.593. The van der Waals surface area contributed by atoms with Crippen LogP contribution in [0.1, 0.15) is 12.2 Å². The molecule has 4 rings (SSSR count). The Labute approximate surface area is 173 Å². The third-order valence-corrected chi connectivity index (χ3v) is 5.09. The molecule has 0 aliphatic carbocycles. The maximum absolute atomic E-state index is 12.9. The van der Waals surface area contributed by atoms with E-state index in [2.05, 4.69) is 10.1 Å². The second kappa shape index (κ2) is 8.94. The van der Waals surface area contributed by atoms with Gasteiger partial charge >= 0.3 is 0 Å². The summed E-state index contributed by atoms with van der Waals surface area (Å²) in [5.74, 6) is 2.16. The summed E-state index contributed by atoms with van der Waals surface area (Å²) in [6.07, 6.45) is 1.51. The molecule has 0 spiro atoms. The van der Waals surface area contributed by atoms with Crippen molar-refractivity contribution in [2.24, 2.45) is 5.92 Å². The number of nitrogens with zero attached hydrogens (tertiary/aromatic N) is 3. The normalized spacial score (nSPS) is 15.9. The summed E-state index contributed by atoms with van der Waals surface area (Å²) in [7, 11) is 1.62. The van der Waals surface area contributed by atoms with E-state index < -0.39 is 0 Å². The van der Waals surface area contributed by atoms with Gasteiger partial charge in [-0.25, -0.2) is 4.39 Å². The van der Waals surface area contributed by atoms with Crippen molar-refractivity contribution in [3.05, 3.63) is 60.2 Å². The van der Waals surface area contributed by atoms with Gasteiger partial charge in [-0.15, -0.1) is 0 Å². The van der Waals surface area contributed by atoms with E-state index in [0.29, 0.717) is 37.0 Å². The first kappa shape index (κ1) is 19.9. The zero-order valence-corrected chi connectivity index (χ0v) is 16.6. The van der Waals surface area contributed by atoms with Crippen LogP contribution in [0, 0.1) is 11.7 Å². The van der Waals surface area contributed by atoms with Gasteiger partial charge in [0.2, 0.25) is 0 Å². The Morgan fingerprint density at radius 2 is 1.90 bits per heavy atom. The highest BCUT2D eigenvalue weighted by atomic mass is 19.1. The van der Waals surface area contributed by atoms with Gasteiger partial charge in [-0.1, -0.05) is 5.16 Å². The zero-order chi connectivity index (χ0) is 20.9. The summed E-state index contributed by atoms with van der Waals surface area (Å²) in [6, 6.07) is 13.0. The minimum absolute atomic E-state index is 0.0673. The van der Waals surface area contributed by atoms with Crippen molar-refractivity contribution in [2.75, 3.05) is 26.8 Å². The number of likely N-dealkylation sites (tertiary alicyclic amines) is 1. The average molecular weight is 411 g/mol. The maximum atomic E-state index is 12.9. The number of carbonyl (C=O) groups excluding carboxylic acids is 1. The SMILES string of the molecule is COc1ccc(-c2nc(CC3CCN(C(=O)COc4ccc(F)cc4)C3)no2)cc1. The van der Waals surface area contributed by atoms with E-state index in [0.717, 1.165) is 17.7 Å². The number of carbonyl (C=O) groups is 1. The molecule has 1 aliphatic heterocycles. The molecular weight excluding hydrogens is 389 g/mol. The van der Waals surface area contributed by atoms with Crippen molar-refractivity contribution in [2.45, 2.75) is 12.8 Å². The number of halogens is 1. The maximum Gasteiger partial charge on any atom is 0.260 e. The van der Waals surface area contributed by atoms with Crippen molar-refractivity contribution >= 4 is 5.91 Å². The van der Waals surface area contributed by atoms with E-state index in [1.54, 1.807) is 12.0 Å². The highest BCUT2D eigenvalue weighted by Gasteiger charge is 2.28. The molecule has 0 bridgehead atoms. The minimum Gasteiger partial charge on any atom is -0.497 e. The molecule has 2 aromatic carbocycles. The summed E-state index contributed by atoms with van der Waals surface area (Å²) in [4.78, 5) is 18.6. The molecule has 156 valence electrons. The van der Waals surface area contributed by atoms with E-state index in [1.807, 2.05) is 24.3 Å². The van der Waals surface area contributed by atoms with Crippen LogP contribution in [0.3, 0.4) is 0 Å². The van der Waals surface area contributed by atoms with Crippen LogP contribution in [0.5, 0.6) is 11.5 Å². The van der Waals surface area contributed by atoms with Crippen molar-refractivity contribution in [3.63, 3.8) is 0 Å². The predicted octanol–water partition coefficient (Wildman–Crippen LogP) is 3.35. The highest BCUT2D eigenvalue weighted by Crippen LogP contribution is 2.24. The molecule has 2 heterocycles. The molecule has 0 saturated carbocycles. The summed E-state index contributed by atoms with van der Waals surface area (Å²) in [6.45, 7) is 1.22. The van der Waals surface area contributed by atoms with Gasteiger partial charge in [-0.3, -0.25) is 4.79 Å². The molecule has 0 radical (unpaired) electrons. The van der Waals surface area contributed by atoms with Gasteiger partial charge < -0.3 is 18.9 Å². The molecule has 1 saturated heterocycles. The summed E-state index contributed by atoms with van der Waals surface area (Å²) >= 11 is 0. The molecule has 3 aromatic rings. The number of amides is 1. The Bertz CT molecular complexity index is 988. The number of hydrogen-bond acceptors (Lipinski definition) is 6. The summed E-state index contributed by atoms with van der Waals surface area (Å²) in [5.41, 5.74) is 0.829. The molecule has 1 unspecified atom stereocenters. The number of aromatic nitrogens is 2. The van der Waals surface area contributed by atoms with E-state index >= 15 is 0 Å². The van der Waals surface area contributed by atoms with Crippen LogP contribution in [0.25, 0.3) is 11.5 Å². The monoisotopic (exact) mass is 411 g/mol. The first-order valence-electron chi connectivity index (χ1n) is 9.74. The van der Waals surface area contributed by atoms with Crippen molar-refractivity contribution in [1.82, 2.24) is 15.0 Å². The molecular formula is C22H22FN3O4. The fourth-order valence-electron chi connectivity index (χ4n) is 3.44. The number of ether oxygens (including phenoxy) is 2.